The maximum Gasteiger partial charge on any atom is 0.294 e. The first-order valence-electron chi connectivity index (χ1n) is 12.2. The van der Waals surface area contributed by atoms with Crippen molar-refractivity contribution in [3.8, 4) is 0 Å². The molecule has 0 saturated carbocycles. The largest absolute Gasteiger partial charge is 0.294 e. The number of aryl methyl sites for hydroxylation is 1. The van der Waals surface area contributed by atoms with E-state index in [1.165, 1.54) is 115 Å². The Kier molecular flexibility index (Phi) is 21.0. The van der Waals surface area contributed by atoms with Gasteiger partial charge in [-0.3, -0.25) is 4.55 Å². The van der Waals surface area contributed by atoms with E-state index in [0.717, 1.165) is 31.7 Å². The summed E-state index contributed by atoms with van der Waals surface area (Å²) in [7, 11) is -4.02. The van der Waals surface area contributed by atoms with Crippen molar-refractivity contribution in [2.75, 3.05) is 0 Å². The molecule has 0 amide bonds. The smallest absolute Gasteiger partial charge is 0.282 e. The zero-order valence-corrected chi connectivity index (χ0v) is 26.0. The van der Waals surface area contributed by atoms with Crippen LogP contribution in [-0.2, 0) is 36.2 Å². The quantitative estimate of drug-likeness (QED) is 0.107. The van der Waals surface area contributed by atoms with E-state index >= 15 is 0 Å². The number of hydrogen-bond donors (Lipinski definition) is 1. The third kappa shape index (κ3) is 20.0. The van der Waals surface area contributed by atoms with Crippen molar-refractivity contribution < 1.29 is 39.1 Å². The van der Waals surface area contributed by atoms with Gasteiger partial charge < -0.3 is 0 Å². The van der Waals surface area contributed by atoms with Gasteiger partial charge in [0, 0.05) is 0 Å². The van der Waals surface area contributed by atoms with Crippen LogP contribution in [0.2, 0.25) is 3.93 Å². The molecule has 0 bridgehead atoms. The van der Waals surface area contributed by atoms with E-state index in [4.69, 9.17) is 4.55 Å². The molecule has 0 aliphatic carbocycles. The minimum Gasteiger partial charge on any atom is -0.282 e. The average Bonchev–Trinajstić information content (AvgIpc) is 2.71. The molecule has 0 atom stereocenters. The summed E-state index contributed by atoms with van der Waals surface area (Å²) in [6.07, 6.45) is 23.8. The Bertz CT molecular complexity index is 569. The van der Waals surface area contributed by atoms with Gasteiger partial charge in [-0.15, -0.1) is 0 Å². The first-order valence-corrected chi connectivity index (χ1v) is 17.6. The molecule has 0 unspecified atom stereocenters. The van der Waals surface area contributed by atoms with Crippen LogP contribution in [0.15, 0.2) is 29.2 Å². The summed E-state index contributed by atoms with van der Waals surface area (Å²) >= 11 is 1.06. The molecule has 1 rings (SSSR count). The Morgan fingerprint density at radius 1 is 0.667 bits per heavy atom. The van der Waals surface area contributed by atoms with Gasteiger partial charge in [0.1, 0.15) is 0 Å². The van der Waals surface area contributed by atoms with Gasteiger partial charge in [-0.25, -0.2) is 0 Å². The van der Waals surface area contributed by atoms with Crippen molar-refractivity contribution in [2.45, 2.75) is 125 Å². The molecule has 0 aromatic heterocycles. The third-order valence-electron chi connectivity index (χ3n) is 5.42. The Morgan fingerprint density at radius 2 is 1.00 bits per heavy atom. The molecule has 0 saturated heterocycles. The Balaban J connectivity index is 0.000000642. The summed E-state index contributed by atoms with van der Waals surface area (Å²) in [5, 5.41) is 0. The van der Waals surface area contributed by atoms with Gasteiger partial charge >= 0.3 is 101 Å². The van der Waals surface area contributed by atoms with E-state index in [9.17, 15) is 8.42 Å². The number of hydrogen-bond acceptors (Lipinski definition) is 2. The molecule has 1 N–H and O–H groups in total. The predicted molar refractivity (Wildman–Crippen MR) is 125 cm³/mol. The molecule has 30 heavy (non-hydrogen) atoms. The van der Waals surface area contributed by atoms with Crippen LogP contribution < -0.4 is 0 Å². The Labute approximate surface area is 203 Å². The fourth-order valence-electron chi connectivity index (χ4n) is 3.44. The SMILES string of the molecule is CCCCCCCCCCCCCCCCC[CH2][Hg].Cc1ccc(S(=O)(=O)O)cc1. The van der Waals surface area contributed by atoms with Crippen molar-refractivity contribution in [3.63, 3.8) is 0 Å². The van der Waals surface area contributed by atoms with E-state index in [2.05, 4.69) is 6.92 Å². The van der Waals surface area contributed by atoms with Crippen LogP contribution in [0, 0.1) is 6.92 Å². The summed E-state index contributed by atoms with van der Waals surface area (Å²) in [6, 6.07) is 5.99. The molecule has 0 radical (unpaired) electrons. The van der Waals surface area contributed by atoms with Crippen LogP contribution in [0.1, 0.15) is 115 Å². The summed E-state index contributed by atoms with van der Waals surface area (Å²) in [6.45, 7) is 4.14. The average molecular weight is 626 g/mol. The monoisotopic (exact) mass is 627 g/mol. The summed E-state index contributed by atoms with van der Waals surface area (Å²) < 4.78 is 31.1. The Morgan fingerprint density at radius 3 is 1.30 bits per heavy atom. The molecule has 1 aromatic carbocycles. The molecule has 0 aliphatic rings. The molecule has 5 heteroatoms. The van der Waals surface area contributed by atoms with Gasteiger partial charge in [0.2, 0.25) is 0 Å². The van der Waals surface area contributed by atoms with Crippen LogP contribution in [-0.4, -0.2) is 13.0 Å². The summed E-state index contributed by atoms with van der Waals surface area (Å²) in [5.74, 6) is 0. The van der Waals surface area contributed by atoms with Gasteiger partial charge in [0.25, 0.3) is 10.1 Å². The molecule has 1 aromatic rings. The van der Waals surface area contributed by atoms with Crippen molar-refractivity contribution in [1.82, 2.24) is 0 Å². The molecular formula is C25H45HgO3S. The fraction of sp³-hybridized carbons (Fsp3) is 0.760. The van der Waals surface area contributed by atoms with Gasteiger partial charge in [-0.2, -0.15) is 8.42 Å². The zero-order chi connectivity index (χ0) is 22.5. The van der Waals surface area contributed by atoms with E-state index in [1.807, 2.05) is 6.92 Å². The second-order valence-corrected chi connectivity index (χ2v) is 12.6. The number of unbranched alkanes of at least 4 members (excludes halogenated alkanes) is 15. The normalized spacial score (nSPS) is 11.2. The third-order valence-corrected chi connectivity index (χ3v) is 8.23. The van der Waals surface area contributed by atoms with Crippen LogP contribution in [0.3, 0.4) is 0 Å². The van der Waals surface area contributed by atoms with Crippen molar-refractivity contribution in [3.05, 3.63) is 29.8 Å². The zero-order valence-electron chi connectivity index (χ0n) is 19.7. The van der Waals surface area contributed by atoms with Crippen molar-refractivity contribution >= 4 is 10.1 Å². The second kappa shape index (κ2) is 20.9. The predicted octanol–water partition coefficient (Wildman–Crippen LogP) is 8.45. The number of rotatable bonds is 17. The van der Waals surface area contributed by atoms with E-state index in [1.54, 1.807) is 16.1 Å². The van der Waals surface area contributed by atoms with Gasteiger partial charge in [0.05, 0.1) is 4.90 Å². The minimum atomic E-state index is -4.02. The van der Waals surface area contributed by atoms with Crippen LogP contribution in [0.5, 0.6) is 0 Å². The molecule has 0 spiro atoms. The van der Waals surface area contributed by atoms with E-state index in [0.29, 0.717) is 0 Å². The molecule has 171 valence electrons. The Hall–Kier alpha value is 0.0651. The standard InChI is InChI=1S/C18H37.C7H8O3S.Hg/c1-3-5-7-9-11-13-15-17-18-16-14-12-10-8-6-4-2;1-6-2-4-7(5-3-6)11(8,9)10;/h1,3-18H2,2H3;2-5H,1H3,(H,8,9,10);. The molecule has 0 heterocycles. The van der Waals surface area contributed by atoms with Crippen molar-refractivity contribution in [1.29, 1.82) is 0 Å². The van der Waals surface area contributed by atoms with E-state index < -0.39 is 10.1 Å². The van der Waals surface area contributed by atoms with Crippen LogP contribution >= 0.6 is 0 Å². The molecule has 0 aliphatic heterocycles. The molecule has 0 fully saturated rings. The fourth-order valence-corrected chi connectivity index (χ4v) is 5.29. The van der Waals surface area contributed by atoms with Crippen LogP contribution in [0.25, 0.3) is 0 Å². The maximum atomic E-state index is 10.5. The minimum absolute atomic E-state index is 0.0666. The first kappa shape index (κ1) is 30.1. The number of benzene rings is 1. The van der Waals surface area contributed by atoms with Crippen LogP contribution in [0.4, 0.5) is 0 Å². The summed E-state index contributed by atoms with van der Waals surface area (Å²) in [5.41, 5.74) is 0.956. The maximum absolute atomic E-state index is 10.5. The summed E-state index contributed by atoms with van der Waals surface area (Å²) in [4.78, 5) is -0.0666. The first-order chi connectivity index (χ1) is 14.4. The molecular weight excluding hydrogens is 581 g/mol. The van der Waals surface area contributed by atoms with Gasteiger partial charge in [0.15, 0.2) is 0 Å². The second-order valence-electron chi connectivity index (χ2n) is 8.44. The van der Waals surface area contributed by atoms with Gasteiger partial charge in [-0.1, -0.05) is 56.7 Å². The topological polar surface area (TPSA) is 54.4 Å². The van der Waals surface area contributed by atoms with Crippen molar-refractivity contribution in [2.24, 2.45) is 0 Å². The molecule has 3 nitrogen and oxygen atoms in total. The van der Waals surface area contributed by atoms with Gasteiger partial charge in [-0.05, 0) is 19.1 Å². The van der Waals surface area contributed by atoms with E-state index in [-0.39, 0.29) is 4.90 Å².